The van der Waals surface area contributed by atoms with E-state index in [4.69, 9.17) is 0 Å². The number of halogens is 2. The van der Waals surface area contributed by atoms with E-state index in [0.717, 1.165) is 17.5 Å². The molecule has 1 aromatic carbocycles. The number of hydrogen-bond donors (Lipinski definition) is 0. The third-order valence-corrected chi connectivity index (χ3v) is 4.61. The molecule has 4 nitrogen and oxygen atoms in total. The van der Waals surface area contributed by atoms with Crippen LogP contribution in [-0.2, 0) is 10.0 Å². The predicted octanol–water partition coefficient (Wildman–Crippen LogP) is -0.239. The first kappa shape index (κ1) is 19.5. The zero-order chi connectivity index (χ0) is 15.5. The van der Waals surface area contributed by atoms with Crippen LogP contribution in [0.4, 0.5) is 4.39 Å². The molecule has 0 saturated carbocycles. The fraction of sp³-hybridized carbons (Fsp3) is 0. The smallest absolute Gasteiger partial charge is 0.858 e. The first-order valence-electron chi connectivity index (χ1n) is 5.55. The molecule has 0 spiro atoms. The summed E-state index contributed by atoms with van der Waals surface area (Å²) in [5.74, 6) is -1.50. The van der Waals surface area contributed by atoms with Crippen molar-refractivity contribution in [3.63, 3.8) is 0 Å². The van der Waals surface area contributed by atoms with E-state index in [0.29, 0.717) is 5.56 Å². The van der Waals surface area contributed by atoms with Crippen molar-refractivity contribution >= 4 is 49.3 Å². The first-order valence-corrected chi connectivity index (χ1v) is 8.79. The van der Waals surface area contributed by atoms with Gasteiger partial charge in [-0.2, -0.15) is 24.2 Å². The van der Waals surface area contributed by atoms with Crippen molar-refractivity contribution in [1.29, 1.82) is 0 Å². The molecule has 2 aromatic rings. The maximum atomic E-state index is 12.9. The van der Waals surface area contributed by atoms with Crippen molar-refractivity contribution < 1.29 is 47.5 Å². The Kier molecular flexibility index (Phi) is 7.43. The second kappa shape index (κ2) is 8.37. The van der Waals surface area contributed by atoms with Crippen molar-refractivity contribution in [3.8, 4) is 0 Å². The molecule has 0 saturated heterocycles. The van der Waals surface area contributed by atoms with Gasteiger partial charge in [0, 0.05) is 15.9 Å². The van der Waals surface area contributed by atoms with Crippen molar-refractivity contribution in [2.24, 2.45) is 4.40 Å². The summed E-state index contributed by atoms with van der Waals surface area (Å²) >= 11 is 4.41. The maximum absolute atomic E-state index is 12.9. The van der Waals surface area contributed by atoms with Crippen LogP contribution < -0.4 is 34.7 Å². The second-order valence-electron chi connectivity index (χ2n) is 3.90. The Hall–Kier alpha value is -0.510. The quantitative estimate of drug-likeness (QED) is 0.396. The molecule has 0 aliphatic heterocycles. The molecule has 22 heavy (non-hydrogen) atoms. The van der Waals surface area contributed by atoms with Crippen molar-refractivity contribution in [2.75, 3.05) is 0 Å². The van der Waals surface area contributed by atoms with Gasteiger partial charge in [-0.05, 0) is 46.7 Å². The summed E-state index contributed by atoms with van der Waals surface area (Å²) in [6.45, 7) is 0. The van der Waals surface area contributed by atoms with Gasteiger partial charge in [0.2, 0.25) is 0 Å². The Balaban J connectivity index is 0.00000242. The van der Waals surface area contributed by atoms with E-state index < -0.39 is 21.7 Å². The van der Waals surface area contributed by atoms with E-state index in [-0.39, 0.29) is 39.6 Å². The number of hydrogen-bond acceptors (Lipinski definition) is 4. The van der Waals surface area contributed by atoms with E-state index >= 15 is 0 Å². The van der Waals surface area contributed by atoms with Gasteiger partial charge in [0.25, 0.3) is 10.0 Å². The van der Waals surface area contributed by atoms with Crippen LogP contribution in [0.2, 0.25) is 0 Å². The van der Waals surface area contributed by atoms with E-state index in [1.54, 1.807) is 16.8 Å². The van der Waals surface area contributed by atoms with E-state index in [1.807, 2.05) is 0 Å². The van der Waals surface area contributed by atoms with Crippen LogP contribution in [0.1, 0.15) is 11.1 Å². The number of rotatable bonds is 4. The molecule has 110 valence electrons. The van der Waals surface area contributed by atoms with Crippen LogP contribution in [0.15, 0.2) is 49.3 Å². The average molecular weight is 412 g/mol. The number of benzene rings is 1. The molecule has 1 heterocycles. The van der Waals surface area contributed by atoms with Gasteiger partial charge in [0.15, 0.2) is 0 Å². The topological polar surface area (TPSA) is 69.6 Å². The van der Waals surface area contributed by atoms with Crippen molar-refractivity contribution in [2.45, 2.75) is 0 Å². The summed E-state index contributed by atoms with van der Waals surface area (Å²) in [4.78, 5) is 0. The van der Waals surface area contributed by atoms with Crippen LogP contribution >= 0.6 is 27.3 Å². The van der Waals surface area contributed by atoms with Crippen LogP contribution in [0, 0.1) is 5.82 Å². The van der Waals surface area contributed by atoms with Gasteiger partial charge in [0.05, 0.1) is 5.41 Å². The van der Waals surface area contributed by atoms with Crippen LogP contribution in [0.3, 0.4) is 0 Å². The van der Waals surface area contributed by atoms with E-state index in [2.05, 4.69) is 20.3 Å². The number of nitrogens with zero attached hydrogens (tertiary/aromatic N) is 1. The number of sulfonamides is 1. The second-order valence-corrected chi connectivity index (χ2v) is 7.01. The average Bonchev–Trinajstić information content (AvgIpc) is 2.88. The zero-order valence-corrected chi connectivity index (χ0v) is 16.6. The predicted molar refractivity (Wildman–Crippen MR) is 82.9 cm³/mol. The van der Waals surface area contributed by atoms with Crippen molar-refractivity contribution in [3.05, 3.63) is 61.9 Å². The zero-order valence-electron chi connectivity index (χ0n) is 11.4. The summed E-state index contributed by atoms with van der Waals surface area (Å²) in [6.07, 6.45) is 1.35. The summed E-state index contributed by atoms with van der Waals surface area (Å²) in [5, 5.41) is 16.2. The molecule has 0 amide bonds. The standard InChI is InChI=1S/C13H9BrFNO3S2.Na/c14-12-7-10(15)1-2-11(12)13(17)16-21(18,19)6-4-9-3-5-20-8-9;/h1-8H,(H,16,17);/q;+1/p-1/b6-4+;. The summed E-state index contributed by atoms with van der Waals surface area (Å²) in [5.41, 5.74) is 0.679. The monoisotopic (exact) mass is 411 g/mol. The molecule has 2 rings (SSSR count). The molecule has 0 aliphatic rings. The third kappa shape index (κ3) is 5.60. The SMILES string of the molecule is O=S(=O)(/C=C/c1ccsc1)/N=C(\[O-])c1ccc(F)cc1Br.[Na+]. The maximum Gasteiger partial charge on any atom is 1.00 e. The minimum atomic E-state index is -4.05. The minimum absolute atomic E-state index is 0. The van der Waals surface area contributed by atoms with Gasteiger partial charge in [-0.1, -0.05) is 15.9 Å². The molecule has 1 aromatic heterocycles. The summed E-state index contributed by atoms with van der Waals surface area (Å²) in [7, 11) is -4.05. The molecule has 0 atom stereocenters. The minimum Gasteiger partial charge on any atom is -0.858 e. The molecule has 9 heteroatoms. The summed E-state index contributed by atoms with van der Waals surface area (Å²) < 4.78 is 39.7. The molecule has 0 unspecified atom stereocenters. The van der Waals surface area contributed by atoms with Gasteiger partial charge in [-0.25, -0.2) is 4.39 Å². The van der Waals surface area contributed by atoms with Crippen LogP contribution in [0.5, 0.6) is 0 Å². The Labute approximate surface area is 161 Å². The van der Waals surface area contributed by atoms with Gasteiger partial charge in [-0.15, -0.1) is 0 Å². The van der Waals surface area contributed by atoms with Crippen molar-refractivity contribution in [1.82, 2.24) is 0 Å². The molecule has 0 aliphatic carbocycles. The molecule has 0 radical (unpaired) electrons. The molecule has 0 bridgehead atoms. The Bertz CT molecular complexity index is 805. The van der Waals surface area contributed by atoms with E-state index in [9.17, 15) is 17.9 Å². The molecular formula is C13H8BrFNNaO3S2. The van der Waals surface area contributed by atoms with Crippen LogP contribution in [-0.4, -0.2) is 14.3 Å². The Morgan fingerprint density at radius 3 is 2.68 bits per heavy atom. The summed E-state index contributed by atoms with van der Waals surface area (Å²) in [6, 6.07) is 5.02. The Morgan fingerprint density at radius 2 is 2.09 bits per heavy atom. The molecular weight excluding hydrogens is 404 g/mol. The third-order valence-electron chi connectivity index (χ3n) is 2.35. The van der Waals surface area contributed by atoms with Crippen LogP contribution in [0.25, 0.3) is 6.08 Å². The van der Waals surface area contributed by atoms with Gasteiger partial charge >= 0.3 is 29.6 Å². The fourth-order valence-corrected chi connectivity index (χ4v) is 3.26. The molecule has 0 fully saturated rings. The van der Waals surface area contributed by atoms with Gasteiger partial charge < -0.3 is 5.11 Å². The van der Waals surface area contributed by atoms with Gasteiger partial charge in [-0.3, -0.25) is 0 Å². The largest absolute Gasteiger partial charge is 1.00 e. The van der Waals surface area contributed by atoms with Gasteiger partial charge in [0.1, 0.15) is 5.82 Å². The fourth-order valence-electron chi connectivity index (χ4n) is 1.39. The Morgan fingerprint density at radius 1 is 1.36 bits per heavy atom. The molecule has 0 N–H and O–H groups in total. The first-order chi connectivity index (χ1) is 9.87. The van der Waals surface area contributed by atoms with E-state index in [1.165, 1.54) is 23.5 Å². The normalized spacial score (nSPS) is 12.4. The number of thiophene rings is 1.